The van der Waals surface area contributed by atoms with E-state index in [1.807, 2.05) is 43.2 Å². The molecule has 1 rings (SSSR count). The highest BCUT2D eigenvalue weighted by atomic mass is 33.1. The monoisotopic (exact) mass is 736 g/mol. The van der Waals surface area contributed by atoms with Crippen LogP contribution in [-0.4, -0.2) is 97.2 Å². The predicted octanol–water partition coefficient (Wildman–Crippen LogP) is 10.7. The smallest absolute Gasteiger partial charge is 0.307 e. The fourth-order valence-corrected chi connectivity index (χ4v) is 9.65. The van der Waals surface area contributed by atoms with Crippen LogP contribution >= 0.6 is 43.2 Å². The first kappa shape index (κ1) is 45.3. The van der Waals surface area contributed by atoms with Crippen LogP contribution < -0.4 is 0 Å². The molecule has 1 aliphatic heterocycles. The van der Waals surface area contributed by atoms with Crippen molar-refractivity contribution < 1.29 is 19.1 Å². The minimum Gasteiger partial charge on any atom is -0.465 e. The molecule has 0 amide bonds. The second kappa shape index (κ2) is 36.1. The molecule has 1 heterocycles. The fraction of sp³-hybridized carbons (Fsp3) is 0.946. The van der Waals surface area contributed by atoms with Gasteiger partial charge in [0, 0.05) is 36.1 Å². The summed E-state index contributed by atoms with van der Waals surface area (Å²) in [6.07, 6.45) is 26.1. The average Bonchev–Trinajstić information content (AvgIpc) is 3.60. The third-order valence-electron chi connectivity index (χ3n) is 8.60. The minimum atomic E-state index is -0.132. The number of ether oxygens (including phenoxy) is 2. The van der Waals surface area contributed by atoms with Gasteiger partial charge in [0.05, 0.1) is 12.8 Å². The quantitative estimate of drug-likeness (QED) is 0.0353. The van der Waals surface area contributed by atoms with Crippen molar-refractivity contribution in [1.29, 1.82) is 0 Å². The van der Waals surface area contributed by atoms with E-state index in [9.17, 15) is 9.59 Å². The first-order valence-corrected chi connectivity index (χ1v) is 24.4. The van der Waals surface area contributed by atoms with E-state index in [2.05, 4.69) is 23.6 Å². The van der Waals surface area contributed by atoms with Gasteiger partial charge in [-0.15, -0.1) is 0 Å². The number of nitrogens with zero attached hydrogens (tertiary/aromatic N) is 2. The number of hydrogen-bond donors (Lipinski definition) is 0. The van der Waals surface area contributed by atoms with Crippen LogP contribution in [-0.2, 0) is 19.1 Å². The summed E-state index contributed by atoms with van der Waals surface area (Å²) in [7, 11) is 7.44. The summed E-state index contributed by atoms with van der Waals surface area (Å²) < 4.78 is 11.0. The van der Waals surface area contributed by atoms with E-state index in [4.69, 9.17) is 9.47 Å². The second-order valence-electron chi connectivity index (χ2n) is 12.9. The van der Waals surface area contributed by atoms with Gasteiger partial charge >= 0.3 is 11.9 Å². The van der Waals surface area contributed by atoms with Crippen molar-refractivity contribution in [2.75, 3.05) is 75.5 Å². The molecule has 1 fully saturated rings. The highest BCUT2D eigenvalue weighted by Gasteiger charge is 2.15. The van der Waals surface area contributed by atoms with Crippen LogP contribution in [0.1, 0.15) is 149 Å². The van der Waals surface area contributed by atoms with Gasteiger partial charge in [-0.1, -0.05) is 147 Å². The molecule has 0 saturated carbocycles. The maximum atomic E-state index is 12.5. The molecule has 0 aromatic heterocycles. The van der Waals surface area contributed by atoms with E-state index >= 15 is 0 Å². The Morgan fingerprint density at radius 3 is 1.38 bits per heavy atom. The highest BCUT2D eigenvalue weighted by molar-refractivity contribution is 8.77. The third-order valence-corrected chi connectivity index (χ3v) is 13.5. The molecule has 0 atom stereocenters. The van der Waals surface area contributed by atoms with Crippen molar-refractivity contribution in [1.82, 2.24) is 9.80 Å². The summed E-state index contributed by atoms with van der Waals surface area (Å²) in [5.74, 6) is 3.78. The van der Waals surface area contributed by atoms with Crippen molar-refractivity contribution in [2.45, 2.75) is 149 Å². The number of rotatable bonds is 36. The Morgan fingerprint density at radius 2 is 0.936 bits per heavy atom. The van der Waals surface area contributed by atoms with Gasteiger partial charge in [0.2, 0.25) is 0 Å². The van der Waals surface area contributed by atoms with E-state index in [-0.39, 0.29) is 11.9 Å². The van der Waals surface area contributed by atoms with Gasteiger partial charge < -0.3 is 19.3 Å². The zero-order valence-corrected chi connectivity index (χ0v) is 33.8. The normalized spacial score (nSPS) is 13.5. The molecule has 0 aromatic rings. The van der Waals surface area contributed by atoms with Crippen molar-refractivity contribution in [3.63, 3.8) is 0 Å². The molecule has 0 aliphatic carbocycles. The Hall–Kier alpha value is 0.260. The van der Waals surface area contributed by atoms with Crippen molar-refractivity contribution in [3.05, 3.63) is 0 Å². The minimum absolute atomic E-state index is 0.132. The van der Waals surface area contributed by atoms with Gasteiger partial charge in [-0.3, -0.25) is 9.59 Å². The molecule has 47 heavy (non-hydrogen) atoms. The lowest BCUT2D eigenvalue weighted by Gasteiger charge is -2.23. The highest BCUT2D eigenvalue weighted by Crippen LogP contribution is 2.24. The van der Waals surface area contributed by atoms with Gasteiger partial charge in [0.1, 0.15) is 13.2 Å². The van der Waals surface area contributed by atoms with Gasteiger partial charge in [0.15, 0.2) is 0 Å². The lowest BCUT2D eigenvalue weighted by atomic mass is 10.1. The lowest BCUT2D eigenvalue weighted by molar-refractivity contribution is -0.143. The van der Waals surface area contributed by atoms with E-state index in [0.29, 0.717) is 39.1 Å². The fourth-order valence-electron chi connectivity index (χ4n) is 5.71. The molecule has 0 unspecified atom stereocenters. The molecular formula is C37H72N2O4S4. The van der Waals surface area contributed by atoms with Crippen LogP contribution in [0.15, 0.2) is 0 Å². The largest absolute Gasteiger partial charge is 0.465 e. The van der Waals surface area contributed by atoms with Crippen LogP contribution in [0.5, 0.6) is 0 Å². The lowest BCUT2D eigenvalue weighted by Crippen LogP contribution is -2.33. The number of likely N-dealkylation sites (tertiary alicyclic amines) is 1. The topological polar surface area (TPSA) is 59.1 Å². The van der Waals surface area contributed by atoms with Crippen LogP contribution in [0, 0.1) is 0 Å². The van der Waals surface area contributed by atoms with E-state index < -0.39 is 0 Å². The summed E-state index contributed by atoms with van der Waals surface area (Å²) in [5.41, 5.74) is 0. The van der Waals surface area contributed by atoms with Crippen molar-refractivity contribution in [2.24, 2.45) is 0 Å². The molecular weight excluding hydrogens is 665 g/mol. The van der Waals surface area contributed by atoms with Crippen LogP contribution in [0.2, 0.25) is 0 Å². The van der Waals surface area contributed by atoms with Crippen molar-refractivity contribution >= 4 is 55.1 Å². The Labute approximate surface area is 306 Å². The zero-order chi connectivity index (χ0) is 33.9. The average molecular weight is 737 g/mol. The molecule has 0 N–H and O–H groups in total. The standard InChI is InChI=1S/C37H72N2O4S4/c1-3-5-7-9-11-13-15-19-32-44-46-34-30-42-36(40)22-28-39(27-21-26-38-24-17-18-25-38)29-23-37(41)43-31-35-47-45-33-20-16-14-12-10-8-6-4-2/h3-35H2,1-2H3. The van der Waals surface area contributed by atoms with Crippen LogP contribution in [0.4, 0.5) is 0 Å². The molecule has 0 spiro atoms. The van der Waals surface area contributed by atoms with Crippen LogP contribution in [0.3, 0.4) is 0 Å². The summed E-state index contributed by atoms with van der Waals surface area (Å²) in [6, 6.07) is 0. The molecule has 0 aromatic carbocycles. The Balaban J connectivity index is 2.10. The van der Waals surface area contributed by atoms with E-state index in [0.717, 1.165) is 31.0 Å². The van der Waals surface area contributed by atoms with E-state index in [1.165, 1.54) is 140 Å². The molecule has 6 nitrogen and oxygen atoms in total. The number of hydrogen-bond acceptors (Lipinski definition) is 10. The Morgan fingerprint density at radius 1 is 0.532 bits per heavy atom. The summed E-state index contributed by atoms with van der Waals surface area (Å²) in [4.78, 5) is 29.7. The number of unbranched alkanes of at least 4 members (excludes halogenated alkanes) is 14. The van der Waals surface area contributed by atoms with Gasteiger partial charge in [-0.25, -0.2) is 0 Å². The van der Waals surface area contributed by atoms with Crippen LogP contribution in [0.25, 0.3) is 0 Å². The van der Waals surface area contributed by atoms with Gasteiger partial charge in [0.25, 0.3) is 0 Å². The summed E-state index contributed by atoms with van der Waals surface area (Å²) in [6.45, 7) is 11.1. The molecule has 1 aliphatic rings. The number of esters is 2. The molecule has 0 radical (unpaired) electrons. The maximum Gasteiger partial charge on any atom is 0.307 e. The predicted molar refractivity (Wildman–Crippen MR) is 213 cm³/mol. The van der Waals surface area contributed by atoms with E-state index in [1.54, 1.807) is 0 Å². The van der Waals surface area contributed by atoms with Gasteiger partial charge in [-0.05, 0) is 58.3 Å². The van der Waals surface area contributed by atoms with Gasteiger partial charge in [-0.2, -0.15) is 0 Å². The molecule has 0 bridgehead atoms. The molecule has 1 saturated heterocycles. The Kier molecular flexibility index (Phi) is 34.7. The third kappa shape index (κ3) is 31.9. The SMILES string of the molecule is CCCCCCCCCCSSCCOC(=O)CCN(CCCN1CCCC1)CCC(=O)OCCSSCCCCCCCCCC. The Bertz CT molecular complexity index is 655. The summed E-state index contributed by atoms with van der Waals surface area (Å²) >= 11 is 0. The zero-order valence-electron chi connectivity index (χ0n) is 30.5. The first-order chi connectivity index (χ1) is 23.2. The maximum absolute atomic E-state index is 12.5. The first-order valence-electron chi connectivity index (χ1n) is 19.4. The number of carbonyl (C=O) groups excluding carboxylic acids is 2. The second-order valence-corrected chi connectivity index (χ2v) is 18.3. The molecule has 10 heteroatoms. The summed E-state index contributed by atoms with van der Waals surface area (Å²) in [5, 5.41) is 0. The molecule has 278 valence electrons. The van der Waals surface area contributed by atoms with Crippen molar-refractivity contribution in [3.8, 4) is 0 Å². The number of carbonyl (C=O) groups is 2.